The number of aromatic nitrogens is 2. The number of thioether (sulfide) groups is 2. The summed E-state index contributed by atoms with van der Waals surface area (Å²) in [5, 5.41) is 6.02. The Labute approximate surface area is 200 Å². The van der Waals surface area contributed by atoms with E-state index in [1.54, 1.807) is 16.3 Å². The van der Waals surface area contributed by atoms with Crippen molar-refractivity contribution in [3.8, 4) is 0 Å². The largest absolute Gasteiger partial charge is 0.325 e. The van der Waals surface area contributed by atoms with Crippen molar-refractivity contribution in [1.82, 2.24) is 9.55 Å². The van der Waals surface area contributed by atoms with Crippen molar-refractivity contribution in [2.24, 2.45) is 0 Å². The molecule has 0 bridgehead atoms. The van der Waals surface area contributed by atoms with Gasteiger partial charge in [-0.25, -0.2) is 4.98 Å². The lowest BCUT2D eigenvalue weighted by Gasteiger charge is -2.14. The number of benzene rings is 3. The molecule has 166 valence electrons. The number of fused-ring (bicyclic) bond motifs is 2. The molecule has 0 unspecified atom stereocenters. The number of rotatable bonds is 6. The Hall–Kier alpha value is -3.03. The van der Waals surface area contributed by atoms with E-state index in [0.29, 0.717) is 17.0 Å². The first-order valence-electron chi connectivity index (χ1n) is 10.8. The maximum absolute atomic E-state index is 13.3. The summed E-state index contributed by atoms with van der Waals surface area (Å²) in [5.41, 5.74) is 2.64. The standard InChI is InChI=1S/C26H23N3O2S2/c1-17-14-22-24(33-17)25(31)29(15-18-8-3-2-4-9-18)26(28-22)32-16-23(30)27-21-13-7-11-19-10-5-6-12-20(19)21/h2-13,17H,14-16H2,1H3,(H,27,30)/t17-/m1/s1. The van der Waals surface area contributed by atoms with Crippen molar-refractivity contribution in [3.63, 3.8) is 0 Å². The van der Waals surface area contributed by atoms with Gasteiger partial charge < -0.3 is 5.32 Å². The smallest absolute Gasteiger partial charge is 0.268 e. The van der Waals surface area contributed by atoms with Gasteiger partial charge in [0.1, 0.15) is 0 Å². The van der Waals surface area contributed by atoms with E-state index in [0.717, 1.165) is 39.0 Å². The summed E-state index contributed by atoms with van der Waals surface area (Å²) in [6.45, 7) is 2.54. The topological polar surface area (TPSA) is 64.0 Å². The molecule has 0 spiro atoms. The fourth-order valence-electron chi connectivity index (χ4n) is 4.00. The zero-order valence-electron chi connectivity index (χ0n) is 18.2. The van der Waals surface area contributed by atoms with E-state index < -0.39 is 0 Å². The molecule has 1 amide bonds. The molecule has 1 aliphatic rings. The molecule has 3 aromatic carbocycles. The number of carbonyl (C=O) groups is 1. The first-order valence-corrected chi connectivity index (χ1v) is 12.7. The molecular weight excluding hydrogens is 450 g/mol. The first kappa shape index (κ1) is 21.8. The minimum absolute atomic E-state index is 0.0184. The van der Waals surface area contributed by atoms with Crippen molar-refractivity contribution in [1.29, 1.82) is 0 Å². The summed E-state index contributed by atoms with van der Waals surface area (Å²) in [5.74, 6) is 0.0477. The monoisotopic (exact) mass is 473 g/mol. The van der Waals surface area contributed by atoms with Crippen LogP contribution in [-0.2, 0) is 17.8 Å². The second-order valence-electron chi connectivity index (χ2n) is 8.04. The van der Waals surface area contributed by atoms with Gasteiger partial charge in [-0.3, -0.25) is 14.2 Å². The van der Waals surface area contributed by atoms with E-state index in [1.165, 1.54) is 11.8 Å². The molecule has 33 heavy (non-hydrogen) atoms. The molecule has 0 saturated heterocycles. The fraction of sp³-hybridized carbons (Fsp3) is 0.192. The van der Waals surface area contributed by atoms with Gasteiger partial charge in [-0.2, -0.15) is 0 Å². The van der Waals surface area contributed by atoms with Crippen LogP contribution in [0, 0.1) is 0 Å². The lowest BCUT2D eigenvalue weighted by molar-refractivity contribution is -0.113. The van der Waals surface area contributed by atoms with Crippen LogP contribution in [0.1, 0.15) is 18.2 Å². The lowest BCUT2D eigenvalue weighted by Crippen LogP contribution is -2.26. The maximum atomic E-state index is 13.3. The predicted octanol–water partition coefficient (Wildman–Crippen LogP) is 5.21. The van der Waals surface area contributed by atoms with Crippen molar-refractivity contribution >= 4 is 45.9 Å². The highest BCUT2D eigenvalue weighted by Gasteiger charge is 2.26. The van der Waals surface area contributed by atoms with Gasteiger partial charge in [0.25, 0.3) is 5.56 Å². The molecule has 1 atom stereocenters. The average molecular weight is 474 g/mol. The summed E-state index contributed by atoms with van der Waals surface area (Å²) < 4.78 is 1.70. The second kappa shape index (κ2) is 9.45. The highest BCUT2D eigenvalue weighted by molar-refractivity contribution is 8.00. The molecule has 2 heterocycles. The van der Waals surface area contributed by atoms with Gasteiger partial charge in [0.05, 0.1) is 22.9 Å². The molecule has 0 radical (unpaired) electrons. The van der Waals surface area contributed by atoms with Gasteiger partial charge in [0.2, 0.25) is 5.91 Å². The number of carbonyl (C=O) groups excluding carboxylic acids is 1. The SMILES string of the molecule is C[C@@H]1Cc2nc(SCC(=O)Nc3cccc4ccccc34)n(Cc3ccccc3)c(=O)c2S1. The second-order valence-corrected chi connectivity index (χ2v) is 10.4. The number of anilines is 1. The van der Waals surface area contributed by atoms with Crippen molar-refractivity contribution in [3.05, 3.63) is 94.4 Å². The van der Waals surface area contributed by atoms with Crippen LogP contribution in [0.5, 0.6) is 0 Å². The van der Waals surface area contributed by atoms with E-state index in [2.05, 4.69) is 12.2 Å². The molecule has 1 aliphatic heterocycles. The summed E-state index contributed by atoms with van der Waals surface area (Å²) in [4.78, 5) is 31.7. The van der Waals surface area contributed by atoms with Gasteiger partial charge in [-0.15, -0.1) is 11.8 Å². The van der Waals surface area contributed by atoms with E-state index in [9.17, 15) is 9.59 Å². The molecular formula is C26H23N3O2S2. The fourth-order valence-corrected chi connectivity index (χ4v) is 5.93. The van der Waals surface area contributed by atoms with Crippen LogP contribution in [0.2, 0.25) is 0 Å². The summed E-state index contributed by atoms with van der Waals surface area (Å²) in [6.07, 6.45) is 0.775. The van der Waals surface area contributed by atoms with Gasteiger partial charge in [-0.05, 0) is 17.0 Å². The zero-order chi connectivity index (χ0) is 22.8. The van der Waals surface area contributed by atoms with Crippen LogP contribution in [0.15, 0.2) is 87.6 Å². The number of nitrogens with zero attached hydrogens (tertiary/aromatic N) is 2. The van der Waals surface area contributed by atoms with Crippen LogP contribution in [0.3, 0.4) is 0 Å². The van der Waals surface area contributed by atoms with Crippen molar-refractivity contribution in [2.75, 3.05) is 11.1 Å². The molecule has 0 saturated carbocycles. The first-order chi connectivity index (χ1) is 16.1. The van der Waals surface area contributed by atoms with Crippen LogP contribution in [0.25, 0.3) is 10.8 Å². The number of nitrogens with one attached hydrogen (secondary N) is 1. The average Bonchev–Trinajstić information content (AvgIpc) is 3.21. The third kappa shape index (κ3) is 4.70. The van der Waals surface area contributed by atoms with Crippen LogP contribution >= 0.6 is 23.5 Å². The molecule has 0 aliphatic carbocycles. The van der Waals surface area contributed by atoms with E-state index in [4.69, 9.17) is 4.98 Å². The van der Waals surface area contributed by atoms with E-state index in [1.807, 2.05) is 72.8 Å². The quantitative estimate of drug-likeness (QED) is 0.308. The highest BCUT2D eigenvalue weighted by Crippen LogP contribution is 2.34. The minimum Gasteiger partial charge on any atom is -0.325 e. The Morgan fingerprint density at radius 1 is 1.09 bits per heavy atom. The molecule has 4 aromatic rings. The summed E-state index contributed by atoms with van der Waals surface area (Å²) in [7, 11) is 0. The summed E-state index contributed by atoms with van der Waals surface area (Å²) >= 11 is 2.90. The molecule has 0 fully saturated rings. The van der Waals surface area contributed by atoms with Crippen LogP contribution in [0.4, 0.5) is 5.69 Å². The Balaban J connectivity index is 1.39. The van der Waals surface area contributed by atoms with Gasteiger partial charge in [0.15, 0.2) is 5.16 Å². The Morgan fingerprint density at radius 2 is 1.85 bits per heavy atom. The van der Waals surface area contributed by atoms with Crippen LogP contribution < -0.4 is 10.9 Å². The molecule has 7 heteroatoms. The third-order valence-electron chi connectivity index (χ3n) is 5.54. The number of hydrogen-bond acceptors (Lipinski definition) is 5. The lowest BCUT2D eigenvalue weighted by atomic mass is 10.1. The normalized spacial score (nSPS) is 14.9. The van der Waals surface area contributed by atoms with Gasteiger partial charge in [0, 0.05) is 22.7 Å². The van der Waals surface area contributed by atoms with Crippen molar-refractivity contribution in [2.45, 2.75) is 35.2 Å². The van der Waals surface area contributed by atoms with E-state index in [-0.39, 0.29) is 17.2 Å². The van der Waals surface area contributed by atoms with Crippen molar-refractivity contribution < 1.29 is 4.79 Å². The Kier molecular flexibility index (Phi) is 6.24. The van der Waals surface area contributed by atoms with Gasteiger partial charge >= 0.3 is 0 Å². The molecule has 1 N–H and O–H groups in total. The summed E-state index contributed by atoms with van der Waals surface area (Å²) in [6, 6.07) is 23.7. The third-order valence-corrected chi connectivity index (χ3v) is 7.73. The van der Waals surface area contributed by atoms with Gasteiger partial charge in [-0.1, -0.05) is 85.4 Å². The van der Waals surface area contributed by atoms with E-state index >= 15 is 0 Å². The minimum atomic E-state index is -0.125. The zero-order valence-corrected chi connectivity index (χ0v) is 19.8. The predicted molar refractivity (Wildman–Crippen MR) is 136 cm³/mol. The molecule has 5 rings (SSSR count). The highest BCUT2D eigenvalue weighted by atomic mass is 32.2. The molecule has 5 nitrogen and oxygen atoms in total. The Bertz CT molecular complexity index is 1380. The van der Waals surface area contributed by atoms with Crippen LogP contribution in [-0.4, -0.2) is 26.5 Å². The maximum Gasteiger partial charge on any atom is 0.268 e. The number of amides is 1. The molecule has 1 aromatic heterocycles. The number of hydrogen-bond donors (Lipinski definition) is 1. The Morgan fingerprint density at radius 3 is 2.70 bits per heavy atom.